The molecule has 53 valence electrons. The normalized spacial score (nSPS) is 21.0. The van der Waals surface area contributed by atoms with E-state index in [1.165, 1.54) is 0 Å². The Bertz CT molecular complexity index is 62.1. The first kappa shape index (κ1) is 9.50. The Morgan fingerprint density at radius 3 is 2.22 bits per heavy atom. The zero-order valence-corrected chi connectivity index (χ0v) is 6.81. The Morgan fingerprint density at radius 2 is 1.89 bits per heavy atom. The van der Waals surface area contributed by atoms with E-state index >= 15 is 0 Å². The van der Waals surface area contributed by atoms with Crippen molar-refractivity contribution < 1.29 is 28.4 Å². The third-order valence-corrected chi connectivity index (χ3v) is 1.60. The number of hydrogen-bond acceptors (Lipinski definition) is 2. The second-order valence-corrected chi connectivity index (χ2v) is 2.24. The van der Waals surface area contributed by atoms with Crippen molar-refractivity contribution in [2.45, 2.75) is 12.8 Å². The molecule has 0 aromatic rings. The van der Waals surface area contributed by atoms with Crippen molar-refractivity contribution in [3.05, 3.63) is 0 Å². The van der Waals surface area contributed by atoms with Gasteiger partial charge in [0.1, 0.15) is 0 Å². The van der Waals surface area contributed by atoms with Gasteiger partial charge in [-0.2, -0.15) is 0 Å². The van der Waals surface area contributed by atoms with Crippen LogP contribution in [0, 0.1) is 5.92 Å². The van der Waals surface area contributed by atoms with Crippen molar-refractivity contribution in [3.63, 3.8) is 0 Å². The molecule has 1 heterocycles. The van der Waals surface area contributed by atoms with Crippen molar-refractivity contribution in [1.29, 1.82) is 0 Å². The first-order valence-electron chi connectivity index (χ1n) is 3.12. The standard InChI is InChI=1S/C6H12O2.V/c7-5-6-1-3-8-4-2-6;/h6-7H,1-5H2;. The minimum Gasteiger partial charge on any atom is -0.396 e. The Labute approximate surface area is 67.5 Å². The molecule has 9 heavy (non-hydrogen) atoms. The molecule has 0 aromatic carbocycles. The molecule has 1 rings (SSSR count). The molecule has 0 spiro atoms. The van der Waals surface area contributed by atoms with Gasteiger partial charge in [0.05, 0.1) is 0 Å². The summed E-state index contributed by atoms with van der Waals surface area (Å²) in [5.41, 5.74) is 0. The monoisotopic (exact) mass is 167 g/mol. The van der Waals surface area contributed by atoms with Crippen LogP contribution in [0.2, 0.25) is 0 Å². The predicted octanol–water partition coefficient (Wildman–Crippen LogP) is 0.403. The van der Waals surface area contributed by atoms with Crippen LogP contribution in [0.15, 0.2) is 0 Å². The molecule has 2 nitrogen and oxygen atoms in total. The van der Waals surface area contributed by atoms with Gasteiger partial charge in [0.2, 0.25) is 0 Å². The van der Waals surface area contributed by atoms with Gasteiger partial charge in [0.25, 0.3) is 0 Å². The molecule has 0 atom stereocenters. The molecule has 0 aliphatic carbocycles. The van der Waals surface area contributed by atoms with Crippen LogP contribution < -0.4 is 0 Å². The van der Waals surface area contributed by atoms with Crippen molar-refractivity contribution in [3.8, 4) is 0 Å². The van der Waals surface area contributed by atoms with E-state index in [-0.39, 0.29) is 18.6 Å². The van der Waals surface area contributed by atoms with E-state index in [4.69, 9.17) is 9.84 Å². The van der Waals surface area contributed by atoms with Gasteiger partial charge in [-0.25, -0.2) is 0 Å². The number of aliphatic hydroxyl groups is 1. The Morgan fingerprint density at radius 1 is 1.33 bits per heavy atom. The third kappa shape index (κ3) is 3.26. The molecule has 1 N–H and O–H groups in total. The zero-order chi connectivity index (χ0) is 5.82. The van der Waals surface area contributed by atoms with E-state index in [9.17, 15) is 0 Å². The van der Waals surface area contributed by atoms with Gasteiger partial charge in [-0.15, -0.1) is 0 Å². The van der Waals surface area contributed by atoms with Crippen molar-refractivity contribution >= 4 is 0 Å². The van der Waals surface area contributed by atoms with Crippen LogP contribution in [0.4, 0.5) is 0 Å². The summed E-state index contributed by atoms with van der Waals surface area (Å²) >= 11 is 0. The molecule has 3 heteroatoms. The number of rotatable bonds is 1. The third-order valence-electron chi connectivity index (χ3n) is 1.60. The molecule has 0 bridgehead atoms. The van der Waals surface area contributed by atoms with Crippen LogP contribution in [0.5, 0.6) is 0 Å². The molecule has 1 fully saturated rings. The molecule has 1 aliphatic rings. The van der Waals surface area contributed by atoms with Crippen LogP contribution in [0.1, 0.15) is 12.8 Å². The van der Waals surface area contributed by atoms with Gasteiger partial charge in [0.15, 0.2) is 0 Å². The fraction of sp³-hybridized carbons (Fsp3) is 1.00. The second-order valence-electron chi connectivity index (χ2n) is 2.24. The molecule has 0 unspecified atom stereocenters. The summed E-state index contributed by atoms with van der Waals surface area (Å²) in [5, 5.41) is 8.64. The van der Waals surface area contributed by atoms with Gasteiger partial charge in [-0.1, -0.05) is 0 Å². The summed E-state index contributed by atoms with van der Waals surface area (Å²) in [6.45, 7) is 2.01. The van der Waals surface area contributed by atoms with Crippen molar-refractivity contribution in [1.82, 2.24) is 0 Å². The predicted molar refractivity (Wildman–Crippen MR) is 30.6 cm³/mol. The minimum absolute atomic E-state index is 0. The minimum atomic E-state index is 0. The molecule has 1 saturated heterocycles. The molecule has 1 aliphatic heterocycles. The largest absolute Gasteiger partial charge is 0.396 e. The van der Waals surface area contributed by atoms with Gasteiger partial charge in [0, 0.05) is 38.4 Å². The molecule has 0 amide bonds. The number of ether oxygens (including phenoxy) is 1. The molecular formula is C6H12O2V. The van der Waals surface area contributed by atoms with E-state index in [0.717, 1.165) is 26.1 Å². The van der Waals surface area contributed by atoms with Crippen LogP contribution in [-0.4, -0.2) is 24.9 Å². The van der Waals surface area contributed by atoms with Gasteiger partial charge < -0.3 is 9.84 Å². The summed E-state index contributed by atoms with van der Waals surface area (Å²) in [5.74, 6) is 0.517. The van der Waals surface area contributed by atoms with E-state index in [1.807, 2.05) is 0 Å². The van der Waals surface area contributed by atoms with Crippen molar-refractivity contribution in [2.24, 2.45) is 5.92 Å². The quantitative estimate of drug-likeness (QED) is 0.612. The summed E-state index contributed by atoms with van der Waals surface area (Å²) in [6.07, 6.45) is 2.08. The van der Waals surface area contributed by atoms with Crippen LogP contribution in [0.25, 0.3) is 0 Å². The Kier molecular flexibility index (Phi) is 5.60. The molecule has 0 aromatic heterocycles. The number of aliphatic hydroxyl groups excluding tert-OH is 1. The number of hydrogen-bond donors (Lipinski definition) is 1. The topological polar surface area (TPSA) is 29.5 Å². The Balaban J connectivity index is 0.000000640. The van der Waals surface area contributed by atoms with Gasteiger partial charge in [-0.3, -0.25) is 0 Å². The average Bonchev–Trinajstić information content (AvgIpc) is 1.90. The molecular weight excluding hydrogens is 155 g/mol. The zero-order valence-electron chi connectivity index (χ0n) is 5.42. The van der Waals surface area contributed by atoms with Crippen molar-refractivity contribution in [2.75, 3.05) is 19.8 Å². The smallest absolute Gasteiger partial charge is 0.0469 e. The Hall–Kier alpha value is 0.504. The second kappa shape index (κ2) is 5.30. The summed E-state index contributed by atoms with van der Waals surface area (Å²) < 4.78 is 5.09. The maximum atomic E-state index is 8.64. The fourth-order valence-electron chi connectivity index (χ4n) is 0.929. The van der Waals surface area contributed by atoms with E-state index in [1.54, 1.807) is 0 Å². The van der Waals surface area contributed by atoms with E-state index in [0.29, 0.717) is 12.5 Å². The first-order valence-corrected chi connectivity index (χ1v) is 3.12. The van der Waals surface area contributed by atoms with Gasteiger partial charge >= 0.3 is 0 Å². The summed E-state index contributed by atoms with van der Waals surface area (Å²) in [4.78, 5) is 0. The maximum absolute atomic E-state index is 8.64. The SMILES string of the molecule is OCC1CCOCC1.[V]. The van der Waals surface area contributed by atoms with Gasteiger partial charge in [-0.05, 0) is 18.8 Å². The molecule has 1 radical (unpaired) electrons. The average molecular weight is 167 g/mol. The fourth-order valence-corrected chi connectivity index (χ4v) is 0.929. The van der Waals surface area contributed by atoms with E-state index < -0.39 is 0 Å². The summed E-state index contributed by atoms with van der Waals surface area (Å²) in [7, 11) is 0. The maximum Gasteiger partial charge on any atom is 0.0469 e. The van der Waals surface area contributed by atoms with E-state index in [2.05, 4.69) is 0 Å². The van der Waals surface area contributed by atoms with Crippen LogP contribution >= 0.6 is 0 Å². The summed E-state index contributed by atoms with van der Waals surface area (Å²) in [6, 6.07) is 0. The first-order chi connectivity index (χ1) is 3.93. The molecule has 0 saturated carbocycles. The van der Waals surface area contributed by atoms with Crippen LogP contribution in [-0.2, 0) is 23.3 Å². The van der Waals surface area contributed by atoms with Crippen LogP contribution in [0.3, 0.4) is 0 Å².